The maximum absolute atomic E-state index is 11.9. The van der Waals surface area contributed by atoms with Crippen molar-refractivity contribution in [3.8, 4) is 0 Å². The van der Waals surface area contributed by atoms with E-state index in [2.05, 4.69) is 39.5 Å². The third kappa shape index (κ3) is 4.72. The second kappa shape index (κ2) is 8.34. The zero-order valence-corrected chi connectivity index (χ0v) is 15.2. The molecule has 1 fully saturated rings. The average molecular weight is 344 g/mol. The Labute approximate surface area is 149 Å². The molecule has 0 spiro atoms. The summed E-state index contributed by atoms with van der Waals surface area (Å²) in [5.74, 6) is 0.814. The summed E-state index contributed by atoms with van der Waals surface area (Å²) in [6, 6.07) is 8.53. The van der Waals surface area contributed by atoms with Gasteiger partial charge in [0.15, 0.2) is 5.96 Å². The van der Waals surface area contributed by atoms with Crippen LogP contribution < -0.4 is 5.32 Å². The van der Waals surface area contributed by atoms with Gasteiger partial charge in [-0.2, -0.15) is 0 Å². The van der Waals surface area contributed by atoms with E-state index < -0.39 is 0 Å². The van der Waals surface area contributed by atoms with Crippen molar-refractivity contribution in [2.75, 3.05) is 40.3 Å². The Morgan fingerprint density at radius 3 is 2.88 bits per heavy atom. The molecular weight excluding hydrogens is 316 g/mol. The van der Waals surface area contributed by atoms with Crippen LogP contribution in [-0.4, -0.2) is 68.1 Å². The van der Waals surface area contributed by atoms with Crippen molar-refractivity contribution in [2.24, 2.45) is 4.99 Å². The first-order chi connectivity index (χ1) is 12.1. The molecule has 2 aliphatic rings. The third-order valence-electron chi connectivity index (χ3n) is 4.80. The molecule has 25 heavy (non-hydrogen) atoms. The van der Waals surface area contributed by atoms with E-state index in [0.29, 0.717) is 0 Å². The SMILES string of the molecule is CN(C)C(=O)CN=C(NCC1CCCO1)N1CCc2ccccc2C1. The first-order valence-corrected chi connectivity index (χ1v) is 9.05. The van der Waals surface area contributed by atoms with Gasteiger partial charge in [-0.25, -0.2) is 4.99 Å². The van der Waals surface area contributed by atoms with Crippen LogP contribution in [0.3, 0.4) is 0 Å². The molecule has 1 aromatic rings. The Morgan fingerprint density at radius 2 is 2.16 bits per heavy atom. The number of carbonyl (C=O) groups is 1. The van der Waals surface area contributed by atoms with Gasteiger partial charge in [-0.15, -0.1) is 0 Å². The summed E-state index contributed by atoms with van der Waals surface area (Å²) in [6.07, 6.45) is 3.44. The highest BCUT2D eigenvalue weighted by Crippen LogP contribution is 2.18. The van der Waals surface area contributed by atoms with E-state index in [9.17, 15) is 4.79 Å². The molecule has 1 atom stereocenters. The summed E-state index contributed by atoms with van der Waals surface area (Å²) >= 11 is 0. The smallest absolute Gasteiger partial charge is 0.243 e. The number of ether oxygens (including phenoxy) is 1. The van der Waals surface area contributed by atoms with Crippen molar-refractivity contribution in [2.45, 2.75) is 31.9 Å². The number of benzene rings is 1. The summed E-state index contributed by atoms with van der Waals surface area (Å²) in [4.78, 5) is 20.3. The third-order valence-corrected chi connectivity index (χ3v) is 4.80. The molecule has 136 valence electrons. The largest absolute Gasteiger partial charge is 0.376 e. The van der Waals surface area contributed by atoms with Crippen LogP contribution in [0.1, 0.15) is 24.0 Å². The molecule has 3 rings (SSSR count). The zero-order chi connectivity index (χ0) is 17.6. The predicted molar refractivity (Wildman–Crippen MR) is 98.5 cm³/mol. The summed E-state index contributed by atoms with van der Waals surface area (Å²) in [5.41, 5.74) is 2.74. The monoisotopic (exact) mass is 344 g/mol. The second-order valence-electron chi connectivity index (χ2n) is 6.88. The van der Waals surface area contributed by atoms with Gasteiger partial charge in [-0.3, -0.25) is 4.79 Å². The Kier molecular flexibility index (Phi) is 5.91. The van der Waals surface area contributed by atoms with Crippen molar-refractivity contribution in [1.82, 2.24) is 15.1 Å². The Morgan fingerprint density at radius 1 is 1.36 bits per heavy atom. The van der Waals surface area contributed by atoms with Gasteiger partial charge >= 0.3 is 0 Å². The van der Waals surface area contributed by atoms with Gasteiger partial charge in [0, 0.05) is 40.3 Å². The van der Waals surface area contributed by atoms with E-state index in [1.165, 1.54) is 11.1 Å². The molecule has 1 saturated heterocycles. The van der Waals surface area contributed by atoms with Crippen LogP contribution in [-0.2, 0) is 22.5 Å². The highest BCUT2D eigenvalue weighted by Gasteiger charge is 2.21. The van der Waals surface area contributed by atoms with Gasteiger partial charge in [-0.1, -0.05) is 24.3 Å². The van der Waals surface area contributed by atoms with Crippen molar-refractivity contribution in [3.05, 3.63) is 35.4 Å². The fourth-order valence-corrected chi connectivity index (χ4v) is 3.24. The lowest BCUT2D eigenvalue weighted by Crippen LogP contribution is -2.46. The molecule has 0 saturated carbocycles. The summed E-state index contributed by atoms with van der Waals surface area (Å²) < 4.78 is 5.70. The van der Waals surface area contributed by atoms with Crippen molar-refractivity contribution < 1.29 is 9.53 Å². The van der Waals surface area contributed by atoms with Gasteiger partial charge in [0.05, 0.1) is 6.10 Å². The average Bonchev–Trinajstić information content (AvgIpc) is 3.14. The maximum Gasteiger partial charge on any atom is 0.243 e. The molecule has 0 aromatic heterocycles. The van der Waals surface area contributed by atoms with Crippen LogP contribution in [0, 0.1) is 0 Å². The standard InChI is InChI=1S/C19H28N4O2/c1-22(2)18(24)13-21-19(20-12-17-8-5-11-25-17)23-10-9-15-6-3-4-7-16(15)14-23/h3-4,6-7,17H,5,8-14H2,1-2H3,(H,20,21). The number of rotatable bonds is 4. The normalized spacial score (nSPS) is 20.3. The van der Waals surface area contributed by atoms with Crippen LogP contribution in [0.4, 0.5) is 0 Å². The van der Waals surface area contributed by atoms with E-state index >= 15 is 0 Å². The molecule has 0 aliphatic carbocycles. The number of fused-ring (bicyclic) bond motifs is 1. The summed E-state index contributed by atoms with van der Waals surface area (Å²) in [6.45, 7) is 3.48. The number of likely N-dealkylation sites (N-methyl/N-ethyl adjacent to an activating group) is 1. The molecule has 2 heterocycles. The van der Waals surface area contributed by atoms with Crippen LogP contribution >= 0.6 is 0 Å². The summed E-state index contributed by atoms with van der Waals surface area (Å²) in [7, 11) is 3.52. The quantitative estimate of drug-likeness (QED) is 0.660. The minimum absolute atomic E-state index is 0.00817. The highest BCUT2D eigenvalue weighted by molar-refractivity contribution is 5.85. The minimum Gasteiger partial charge on any atom is -0.376 e. The Hall–Kier alpha value is -2.08. The number of hydrogen-bond donors (Lipinski definition) is 1. The van der Waals surface area contributed by atoms with Crippen molar-refractivity contribution >= 4 is 11.9 Å². The fraction of sp³-hybridized carbons (Fsp3) is 0.579. The molecule has 6 nitrogen and oxygen atoms in total. The highest BCUT2D eigenvalue weighted by atomic mass is 16.5. The predicted octanol–water partition coefficient (Wildman–Crippen LogP) is 1.26. The first-order valence-electron chi connectivity index (χ1n) is 9.05. The van der Waals surface area contributed by atoms with E-state index in [1.54, 1.807) is 19.0 Å². The number of aliphatic imine (C=N–C) groups is 1. The Bertz CT molecular complexity index is 624. The molecule has 1 unspecified atom stereocenters. The molecule has 2 aliphatic heterocycles. The number of guanidine groups is 1. The van der Waals surface area contributed by atoms with E-state index in [0.717, 1.165) is 51.5 Å². The molecule has 0 radical (unpaired) electrons. The number of nitrogens with zero attached hydrogens (tertiary/aromatic N) is 3. The maximum atomic E-state index is 11.9. The molecule has 1 N–H and O–H groups in total. The van der Waals surface area contributed by atoms with E-state index in [4.69, 9.17) is 4.74 Å². The van der Waals surface area contributed by atoms with Gasteiger partial charge in [-0.05, 0) is 30.4 Å². The number of amides is 1. The lowest BCUT2D eigenvalue weighted by Gasteiger charge is -2.32. The van der Waals surface area contributed by atoms with Gasteiger partial charge in [0.1, 0.15) is 6.54 Å². The zero-order valence-electron chi connectivity index (χ0n) is 15.2. The van der Waals surface area contributed by atoms with Crippen LogP contribution in [0.5, 0.6) is 0 Å². The lowest BCUT2D eigenvalue weighted by atomic mass is 10.0. The van der Waals surface area contributed by atoms with E-state index in [-0.39, 0.29) is 18.6 Å². The summed E-state index contributed by atoms with van der Waals surface area (Å²) in [5, 5.41) is 3.44. The number of nitrogens with one attached hydrogen (secondary N) is 1. The topological polar surface area (TPSA) is 57.2 Å². The van der Waals surface area contributed by atoms with Gasteiger partial charge in [0.2, 0.25) is 5.91 Å². The van der Waals surface area contributed by atoms with Crippen LogP contribution in [0.25, 0.3) is 0 Å². The lowest BCUT2D eigenvalue weighted by molar-refractivity contribution is -0.127. The Balaban J connectivity index is 1.68. The molecule has 6 heteroatoms. The molecule has 0 bridgehead atoms. The van der Waals surface area contributed by atoms with Gasteiger partial charge < -0.3 is 19.9 Å². The number of carbonyl (C=O) groups excluding carboxylic acids is 1. The number of hydrogen-bond acceptors (Lipinski definition) is 3. The van der Waals surface area contributed by atoms with Crippen molar-refractivity contribution in [1.29, 1.82) is 0 Å². The molecule has 1 amide bonds. The first kappa shape index (κ1) is 17.7. The van der Waals surface area contributed by atoms with Crippen molar-refractivity contribution in [3.63, 3.8) is 0 Å². The van der Waals surface area contributed by atoms with Crippen LogP contribution in [0.15, 0.2) is 29.3 Å². The molecule has 1 aromatic carbocycles. The van der Waals surface area contributed by atoms with Gasteiger partial charge in [0.25, 0.3) is 0 Å². The van der Waals surface area contributed by atoms with E-state index in [1.807, 2.05) is 0 Å². The second-order valence-corrected chi connectivity index (χ2v) is 6.88. The minimum atomic E-state index is 0.00817. The fourth-order valence-electron chi connectivity index (χ4n) is 3.24. The molecular formula is C19H28N4O2. The van der Waals surface area contributed by atoms with Crippen LogP contribution in [0.2, 0.25) is 0 Å².